The van der Waals surface area contributed by atoms with E-state index in [2.05, 4.69) is 29.7 Å². The molecule has 0 atom stereocenters. The summed E-state index contributed by atoms with van der Waals surface area (Å²) >= 11 is 0. The van der Waals surface area contributed by atoms with Crippen LogP contribution in [0.1, 0.15) is 66.5 Å². The van der Waals surface area contributed by atoms with Gasteiger partial charge in [0.05, 0.1) is 31.0 Å². The Balaban J connectivity index is 0.00000205. The minimum absolute atomic E-state index is 0.174. The molecular weight excluding hydrogens is 505 g/mol. The molecule has 2 heterocycles. The first-order chi connectivity index (χ1) is 18.6. The highest BCUT2D eigenvalue weighted by molar-refractivity contribution is 5.43. The van der Waals surface area contributed by atoms with Gasteiger partial charge in [0, 0.05) is 39.3 Å². The number of ether oxygens (including phenoxy) is 2. The average molecular weight is 551 g/mol. The molecule has 2 aromatic carbocycles. The maximum absolute atomic E-state index is 13.4. The first-order valence-corrected chi connectivity index (χ1v) is 14.2. The van der Waals surface area contributed by atoms with Crippen LogP contribution in [-0.4, -0.2) is 67.5 Å². The Hall–Kier alpha value is -2.13. The van der Waals surface area contributed by atoms with Crippen molar-refractivity contribution in [1.82, 2.24) is 9.80 Å². The number of morpholine rings is 1. The van der Waals surface area contributed by atoms with Crippen molar-refractivity contribution in [2.75, 3.05) is 52.5 Å². The molecule has 2 aliphatic rings. The number of halogens is 3. The summed E-state index contributed by atoms with van der Waals surface area (Å²) in [4.78, 5) is 4.67. The highest BCUT2D eigenvalue weighted by Gasteiger charge is 2.38. The summed E-state index contributed by atoms with van der Waals surface area (Å²) in [5.41, 5.74) is 2.15. The van der Waals surface area contributed by atoms with E-state index in [-0.39, 0.29) is 5.56 Å². The second kappa shape index (κ2) is 14.0. The highest BCUT2D eigenvalue weighted by atomic mass is 19.4. The molecule has 0 spiro atoms. The lowest BCUT2D eigenvalue weighted by atomic mass is 9.83. The minimum Gasteiger partial charge on any atom is -0.493 e. The summed E-state index contributed by atoms with van der Waals surface area (Å²) < 4.78 is 51.6. The number of piperidine rings is 1. The van der Waals surface area contributed by atoms with Crippen molar-refractivity contribution < 1.29 is 27.8 Å². The number of hydrogen-bond donors (Lipinski definition) is 1. The number of hydrogen-bond acceptors (Lipinski definition) is 5. The summed E-state index contributed by atoms with van der Waals surface area (Å²) in [6.45, 7) is 16.9. The summed E-state index contributed by atoms with van der Waals surface area (Å²) in [5.74, 6) is 0.913. The lowest BCUT2D eigenvalue weighted by molar-refractivity contribution is -0.138. The van der Waals surface area contributed by atoms with Crippen molar-refractivity contribution in [1.29, 1.82) is 0 Å². The molecule has 4 rings (SSSR count). The van der Waals surface area contributed by atoms with E-state index in [4.69, 9.17) is 9.47 Å². The molecule has 0 amide bonds. The predicted octanol–water partition coefficient (Wildman–Crippen LogP) is 6.24. The largest absolute Gasteiger partial charge is 0.493 e. The van der Waals surface area contributed by atoms with Crippen molar-refractivity contribution in [3.8, 4) is 5.75 Å². The van der Waals surface area contributed by atoms with Crippen LogP contribution in [0.2, 0.25) is 0 Å². The second-order valence-corrected chi connectivity index (χ2v) is 10.5. The Morgan fingerprint density at radius 1 is 0.923 bits per heavy atom. The molecular formula is C31H45F3N2O3. The topological polar surface area (TPSA) is 45.2 Å². The summed E-state index contributed by atoms with van der Waals surface area (Å²) in [6, 6.07) is 8.36. The van der Waals surface area contributed by atoms with Gasteiger partial charge in [-0.15, -0.1) is 0 Å². The zero-order chi connectivity index (χ0) is 28.6. The van der Waals surface area contributed by atoms with Crippen molar-refractivity contribution in [2.45, 2.75) is 72.2 Å². The maximum atomic E-state index is 13.4. The molecule has 2 fully saturated rings. The lowest BCUT2D eigenvalue weighted by Crippen LogP contribution is -2.42. The Morgan fingerprint density at radius 2 is 1.59 bits per heavy atom. The zero-order valence-corrected chi connectivity index (χ0v) is 24.2. The fraction of sp³-hybridized carbons (Fsp3) is 0.613. The molecule has 5 nitrogen and oxygen atoms in total. The second-order valence-electron chi connectivity index (χ2n) is 10.5. The van der Waals surface area contributed by atoms with Crippen LogP contribution in [0.4, 0.5) is 13.2 Å². The van der Waals surface area contributed by atoms with E-state index in [1.54, 1.807) is 6.07 Å². The number of nitrogens with zero attached hydrogens (tertiary/aromatic N) is 2. The highest BCUT2D eigenvalue weighted by Crippen LogP contribution is 2.38. The van der Waals surface area contributed by atoms with Crippen molar-refractivity contribution in [3.63, 3.8) is 0 Å². The van der Waals surface area contributed by atoms with Gasteiger partial charge in [-0.2, -0.15) is 13.2 Å². The number of benzene rings is 2. The Morgan fingerprint density at radius 3 is 2.23 bits per heavy atom. The van der Waals surface area contributed by atoms with E-state index in [0.29, 0.717) is 38.1 Å². The predicted molar refractivity (Wildman–Crippen MR) is 149 cm³/mol. The van der Waals surface area contributed by atoms with Crippen molar-refractivity contribution in [3.05, 3.63) is 63.7 Å². The molecule has 218 valence electrons. The minimum atomic E-state index is -4.43. The van der Waals surface area contributed by atoms with Crippen LogP contribution in [0.25, 0.3) is 0 Å². The normalized spacial score (nSPS) is 18.4. The first kappa shape index (κ1) is 31.4. The molecule has 1 N–H and O–H groups in total. The molecule has 2 aliphatic heterocycles. The van der Waals surface area contributed by atoms with Crippen LogP contribution in [-0.2, 0) is 23.1 Å². The zero-order valence-electron chi connectivity index (χ0n) is 24.2. The molecule has 0 bridgehead atoms. The van der Waals surface area contributed by atoms with Gasteiger partial charge in [0.2, 0.25) is 0 Å². The molecule has 0 unspecified atom stereocenters. The molecule has 0 radical (unpaired) electrons. The SMILES string of the molecule is CC.Cc1ccc(C2(O)CCN(Cc3ccc(OCCCN4CCOCC4)c(C)c3C)CC2)cc1C(F)(F)F. The molecule has 0 aromatic heterocycles. The standard InChI is InChI=1S/C29H39F3N2O3.C2H6/c1-21-5-7-25(19-26(21)29(30,31)32)28(35)9-12-34(13-10-28)20-24-6-8-27(23(3)22(24)2)37-16-4-11-33-14-17-36-18-15-33;1-2/h5-8,19,35H,4,9-18,20H2,1-3H3;1-2H3. The molecule has 8 heteroatoms. The van der Waals surface area contributed by atoms with Crippen molar-refractivity contribution in [2.24, 2.45) is 0 Å². The van der Waals surface area contributed by atoms with Crippen LogP contribution in [0.3, 0.4) is 0 Å². The van der Waals surface area contributed by atoms with Gasteiger partial charge in [-0.05, 0) is 80.0 Å². The third kappa shape index (κ3) is 8.19. The number of likely N-dealkylation sites (tertiary alicyclic amines) is 1. The maximum Gasteiger partial charge on any atom is 0.416 e. The summed E-state index contributed by atoms with van der Waals surface area (Å²) in [5, 5.41) is 11.2. The third-order valence-electron chi connectivity index (χ3n) is 7.99. The van der Waals surface area contributed by atoms with Crippen LogP contribution >= 0.6 is 0 Å². The first-order valence-electron chi connectivity index (χ1n) is 14.2. The van der Waals surface area contributed by atoms with Crippen LogP contribution in [0.15, 0.2) is 30.3 Å². The van der Waals surface area contributed by atoms with Crippen LogP contribution < -0.4 is 4.74 Å². The van der Waals surface area contributed by atoms with Gasteiger partial charge < -0.3 is 14.6 Å². The van der Waals surface area contributed by atoms with E-state index in [9.17, 15) is 18.3 Å². The summed E-state index contributed by atoms with van der Waals surface area (Å²) in [7, 11) is 0. The van der Waals surface area contributed by atoms with E-state index < -0.39 is 17.3 Å². The Labute approximate surface area is 231 Å². The van der Waals surface area contributed by atoms with Crippen molar-refractivity contribution >= 4 is 0 Å². The fourth-order valence-electron chi connectivity index (χ4n) is 5.30. The van der Waals surface area contributed by atoms with E-state index in [0.717, 1.165) is 63.2 Å². The van der Waals surface area contributed by atoms with Crippen LogP contribution in [0, 0.1) is 20.8 Å². The van der Waals surface area contributed by atoms with Gasteiger partial charge in [0.25, 0.3) is 0 Å². The molecule has 2 aromatic rings. The molecule has 0 saturated carbocycles. The lowest BCUT2D eigenvalue weighted by Gasteiger charge is -2.39. The van der Waals surface area contributed by atoms with Gasteiger partial charge in [-0.3, -0.25) is 9.80 Å². The van der Waals surface area contributed by atoms with Crippen LogP contribution in [0.5, 0.6) is 5.75 Å². The van der Waals surface area contributed by atoms with Gasteiger partial charge in [-0.1, -0.05) is 32.0 Å². The average Bonchev–Trinajstić information content (AvgIpc) is 2.93. The van der Waals surface area contributed by atoms with Gasteiger partial charge in [0.15, 0.2) is 0 Å². The third-order valence-corrected chi connectivity index (χ3v) is 7.99. The number of alkyl halides is 3. The summed E-state index contributed by atoms with van der Waals surface area (Å²) in [6.07, 6.45) is -2.65. The van der Waals surface area contributed by atoms with E-state index in [1.807, 2.05) is 19.9 Å². The van der Waals surface area contributed by atoms with Gasteiger partial charge in [0.1, 0.15) is 5.75 Å². The van der Waals surface area contributed by atoms with E-state index >= 15 is 0 Å². The molecule has 39 heavy (non-hydrogen) atoms. The number of rotatable bonds is 8. The smallest absolute Gasteiger partial charge is 0.416 e. The number of aliphatic hydroxyl groups is 1. The number of aryl methyl sites for hydroxylation is 1. The van der Waals surface area contributed by atoms with E-state index in [1.165, 1.54) is 24.1 Å². The monoisotopic (exact) mass is 550 g/mol. The van der Waals surface area contributed by atoms with Gasteiger partial charge in [-0.25, -0.2) is 0 Å². The Kier molecular flexibility index (Phi) is 11.2. The van der Waals surface area contributed by atoms with Gasteiger partial charge >= 0.3 is 6.18 Å². The molecule has 0 aliphatic carbocycles. The Bertz CT molecular complexity index is 1060. The fourth-order valence-corrected chi connectivity index (χ4v) is 5.30. The molecule has 2 saturated heterocycles. The quantitative estimate of drug-likeness (QED) is 0.394.